The van der Waals surface area contributed by atoms with E-state index in [1.807, 2.05) is 0 Å². The van der Waals surface area contributed by atoms with E-state index in [4.69, 9.17) is 0 Å². The van der Waals surface area contributed by atoms with Gasteiger partial charge in [0.15, 0.2) is 0 Å². The summed E-state index contributed by atoms with van der Waals surface area (Å²) in [7, 11) is -3.70. The number of carbonyl (C=O) groups is 1. The van der Waals surface area contributed by atoms with Gasteiger partial charge in [-0.2, -0.15) is 22.3 Å². The van der Waals surface area contributed by atoms with E-state index in [1.54, 1.807) is 27.7 Å². The highest BCUT2D eigenvalue weighted by atomic mass is 32.2. The number of hydrogen-bond acceptors (Lipinski definition) is 5. The van der Waals surface area contributed by atoms with Crippen LogP contribution in [0.4, 0.5) is 13.6 Å². The van der Waals surface area contributed by atoms with Gasteiger partial charge in [0.05, 0.1) is 30.6 Å². The SMILES string of the molecule is C=C(CCC(F)(F)c1c2c(nn1C(C)(C)C)C[C@@H](C)N(C(=O)O)C2)COS(C)(=O)=O. The molecule has 0 bridgehead atoms. The van der Waals surface area contributed by atoms with Crippen LogP contribution in [-0.4, -0.2) is 53.2 Å². The van der Waals surface area contributed by atoms with Gasteiger partial charge in [-0.25, -0.2) is 4.79 Å². The molecule has 0 spiro atoms. The maximum absolute atomic E-state index is 15.4. The highest BCUT2D eigenvalue weighted by molar-refractivity contribution is 7.86. The molecule has 0 saturated heterocycles. The number of amides is 1. The Balaban J connectivity index is 2.36. The molecule has 1 amide bonds. The zero-order chi connectivity index (χ0) is 23.1. The van der Waals surface area contributed by atoms with Gasteiger partial charge in [0, 0.05) is 24.4 Å². The van der Waals surface area contributed by atoms with E-state index < -0.39 is 34.1 Å². The van der Waals surface area contributed by atoms with Gasteiger partial charge in [-0.1, -0.05) is 12.2 Å². The summed E-state index contributed by atoms with van der Waals surface area (Å²) in [6.07, 6.45) is -0.834. The average molecular weight is 450 g/mol. The first-order valence-electron chi connectivity index (χ1n) is 9.53. The molecule has 1 aliphatic rings. The molecule has 0 radical (unpaired) electrons. The molecule has 1 aliphatic heterocycles. The number of halogens is 2. The van der Waals surface area contributed by atoms with Crippen molar-refractivity contribution in [3.63, 3.8) is 0 Å². The molecule has 1 atom stereocenters. The van der Waals surface area contributed by atoms with Gasteiger partial charge in [0.2, 0.25) is 0 Å². The summed E-state index contributed by atoms with van der Waals surface area (Å²) in [6, 6.07) is -0.368. The molecule has 30 heavy (non-hydrogen) atoms. The molecule has 1 N–H and O–H groups in total. The van der Waals surface area contributed by atoms with Gasteiger partial charge in [-0.05, 0) is 34.1 Å². The number of alkyl halides is 2. The van der Waals surface area contributed by atoms with E-state index in [9.17, 15) is 18.3 Å². The van der Waals surface area contributed by atoms with Crippen molar-refractivity contribution in [3.8, 4) is 0 Å². The summed E-state index contributed by atoms with van der Waals surface area (Å²) in [5, 5.41) is 13.9. The van der Waals surface area contributed by atoms with E-state index >= 15 is 8.78 Å². The maximum atomic E-state index is 15.4. The average Bonchev–Trinajstić information content (AvgIpc) is 2.96. The molecule has 0 unspecified atom stereocenters. The second kappa shape index (κ2) is 8.26. The molecular formula is C19H29F2N3O5S. The lowest BCUT2D eigenvalue weighted by Gasteiger charge is -2.32. The van der Waals surface area contributed by atoms with Crippen LogP contribution in [0.1, 0.15) is 57.5 Å². The molecule has 0 aliphatic carbocycles. The third kappa shape index (κ3) is 5.57. The molecule has 11 heteroatoms. The lowest BCUT2D eigenvalue weighted by molar-refractivity contribution is -0.0273. The van der Waals surface area contributed by atoms with Crippen molar-refractivity contribution < 1.29 is 31.3 Å². The first kappa shape index (κ1) is 24.3. The number of aromatic nitrogens is 2. The fraction of sp³-hybridized carbons (Fsp3) is 0.684. The minimum Gasteiger partial charge on any atom is -0.465 e. The van der Waals surface area contributed by atoms with Crippen LogP contribution in [0.5, 0.6) is 0 Å². The molecule has 2 heterocycles. The Kier molecular flexibility index (Phi) is 6.68. The van der Waals surface area contributed by atoms with E-state index in [0.717, 1.165) is 11.2 Å². The summed E-state index contributed by atoms with van der Waals surface area (Å²) in [6.45, 7) is 10.1. The smallest absolute Gasteiger partial charge is 0.407 e. The van der Waals surface area contributed by atoms with Crippen LogP contribution in [0, 0.1) is 0 Å². The Morgan fingerprint density at radius 3 is 2.47 bits per heavy atom. The van der Waals surface area contributed by atoms with Crippen LogP contribution < -0.4 is 0 Å². The quantitative estimate of drug-likeness (QED) is 0.505. The van der Waals surface area contributed by atoms with Gasteiger partial charge in [0.25, 0.3) is 16.0 Å². The van der Waals surface area contributed by atoms with Crippen molar-refractivity contribution in [2.75, 3.05) is 12.9 Å². The lowest BCUT2D eigenvalue weighted by atomic mass is 9.95. The normalized spacial score (nSPS) is 17.7. The number of rotatable bonds is 7. The summed E-state index contributed by atoms with van der Waals surface area (Å²) in [4.78, 5) is 12.7. The van der Waals surface area contributed by atoms with Gasteiger partial charge < -0.3 is 10.0 Å². The van der Waals surface area contributed by atoms with E-state index in [1.165, 1.54) is 4.68 Å². The molecule has 1 aromatic rings. The van der Waals surface area contributed by atoms with E-state index in [-0.39, 0.29) is 48.9 Å². The van der Waals surface area contributed by atoms with Gasteiger partial charge in [-0.15, -0.1) is 0 Å². The molecule has 2 rings (SSSR count). The highest BCUT2D eigenvalue weighted by Crippen LogP contribution is 2.41. The standard InChI is InChI=1S/C19H29F2N3O5S/c1-12(11-29-30(6,27)28)7-8-19(20,21)16-14-10-23(17(25)26)13(2)9-15(14)22-24(16)18(3,4)5/h13H,1,7-11H2,2-6H3,(H,25,26)/t13-/m1/s1. The second-order valence-electron chi connectivity index (χ2n) is 8.74. The van der Waals surface area contributed by atoms with Crippen molar-refractivity contribution in [1.29, 1.82) is 0 Å². The predicted molar refractivity (Wildman–Crippen MR) is 107 cm³/mol. The van der Waals surface area contributed by atoms with Crippen molar-refractivity contribution in [2.24, 2.45) is 0 Å². The van der Waals surface area contributed by atoms with Crippen LogP contribution in [0.2, 0.25) is 0 Å². The summed E-state index contributed by atoms with van der Waals surface area (Å²) >= 11 is 0. The number of carboxylic acid groups (broad SMARTS) is 1. The topological polar surface area (TPSA) is 102 Å². The fourth-order valence-corrected chi connectivity index (χ4v) is 3.75. The summed E-state index contributed by atoms with van der Waals surface area (Å²) < 4.78 is 58.8. The largest absolute Gasteiger partial charge is 0.465 e. The summed E-state index contributed by atoms with van der Waals surface area (Å²) in [5.41, 5.74) is -0.127. The number of hydrogen-bond donors (Lipinski definition) is 1. The first-order valence-corrected chi connectivity index (χ1v) is 11.3. The monoisotopic (exact) mass is 449 g/mol. The fourth-order valence-electron chi connectivity index (χ4n) is 3.37. The van der Waals surface area contributed by atoms with Crippen molar-refractivity contribution in [2.45, 2.75) is 71.0 Å². The van der Waals surface area contributed by atoms with Crippen molar-refractivity contribution in [1.82, 2.24) is 14.7 Å². The minimum absolute atomic E-state index is 0.161. The highest BCUT2D eigenvalue weighted by Gasteiger charge is 2.44. The second-order valence-corrected chi connectivity index (χ2v) is 10.4. The van der Waals surface area contributed by atoms with Gasteiger partial charge in [0.1, 0.15) is 5.69 Å². The Morgan fingerprint density at radius 2 is 1.97 bits per heavy atom. The van der Waals surface area contributed by atoms with Crippen LogP contribution in [-0.2, 0) is 38.7 Å². The van der Waals surface area contributed by atoms with E-state index in [2.05, 4.69) is 15.9 Å². The van der Waals surface area contributed by atoms with Crippen LogP contribution in [0.3, 0.4) is 0 Å². The molecule has 8 nitrogen and oxygen atoms in total. The van der Waals surface area contributed by atoms with Crippen molar-refractivity contribution in [3.05, 3.63) is 29.1 Å². The summed E-state index contributed by atoms with van der Waals surface area (Å²) in [5.74, 6) is -3.33. The maximum Gasteiger partial charge on any atom is 0.407 e. The Morgan fingerprint density at radius 1 is 1.37 bits per heavy atom. The molecule has 1 aromatic heterocycles. The Hall–Kier alpha value is -2.01. The van der Waals surface area contributed by atoms with Crippen molar-refractivity contribution >= 4 is 16.2 Å². The zero-order valence-corrected chi connectivity index (χ0v) is 18.7. The predicted octanol–water partition coefficient (Wildman–Crippen LogP) is 3.47. The molecule has 0 aromatic carbocycles. The van der Waals surface area contributed by atoms with Crippen LogP contribution >= 0.6 is 0 Å². The number of fused-ring (bicyclic) bond motifs is 1. The molecule has 0 saturated carbocycles. The molecule has 170 valence electrons. The Bertz CT molecular complexity index is 935. The lowest BCUT2D eigenvalue weighted by Crippen LogP contribution is -2.42. The zero-order valence-electron chi connectivity index (χ0n) is 17.9. The number of nitrogens with zero attached hydrogens (tertiary/aromatic N) is 3. The third-order valence-electron chi connectivity index (χ3n) is 4.91. The van der Waals surface area contributed by atoms with Gasteiger partial charge in [-0.3, -0.25) is 8.86 Å². The van der Waals surface area contributed by atoms with E-state index in [0.29, 0.717) is 5.69 Å². The minimum atomic E-state index is -3.70. The third-order valence-corrected chi connectivity index (χ3v) is 5.46. The van der Waals surface area contributed by atoms with Gasteiger partial charge >= 0.3 is 6.09 Å². The first-order chi connectivity index (χ1) is 13.5. The van der Waals surface area contributed by atoms with Crippen LogP contribution in [0.15, 0.2) is 12.2 Å². The molecular weight excluding hydrogens is 420 g/mol. The molecule has 0 fully saturated rings. The Labute approximate surface area is 175 Å². The van der Waals surface area contributed by atoms with Crippen LogP contribution in [0.25, 0.3) is 0 Å².